The average molecular weight is 399 g/mol. The van der Waals surface area contributed by atoms with Crippen LogP contribution in [0.5, 0.6) is 5.75 Å². The summed E-state index contributed by atoms with van der Waals surface area (Å²) >= 11 is 6.21. The van der Waals surface area contributed by atoms with Gasteiger partial charge in [-0.25, -0.2) is 9.67 Å². The predicted molar refractivity (Wildman–Crippen MR) is 110 cm³/mol. The first-order chi connectivity index (χ1) is 13.4. The number of carbonyl (C=O) groups is 1. The van der Waals surface area contributed by atoms with Crippen LogP contribution in [0.4, 0.5) is 5.95 Å². The number of hydrogen-bond acceptors (Lipinski definition) is 4. The third-order valence-electron chi connectivity index (χ3n) is 4.25. The van der Waals surface area contributed by atoms with E-state index in [-0.39, 0.29) is 24.4 Å². The highest BCUT2D eigenvalue weighted by Gasteiger charge is 2.13. The van der Waals surface area contributed by atoms with Crippen molar-refractivity contribution in [2.24, 2.45) is 0 Å². The lowest BCUT2D eigenvalue weighted by molar-refractivity contribution is -0.118. The molecule has 1 aromatic heterocycles. The predicted octanol–water partition coefficient (Wildman–Crippen LogP) is 4.43. The summed E-state index contributed by atoms with van der Waals surface area (Å²) in [5.74, 6) is 0.821. The topological polar surface area (TPSA) is 69.0 Å². The smallest absolute Gasteiger partial charge is 0.264 e. The molecule has 6 nitrogen and oxygen atoms in total. The van der Waals surface area contributed by atoms with Gasteiger partial charge in [0.25, 0.3) is 5.91 Å². The van der Waals surface area contributed by atoms with Gasteiger partial charge in [0, 0.05) is 5.02 Å². The first-order valence-corrected chi connectivity index (χ1v) is 9.46. The van der Waals surface area contributed by atoms with E-state index in [9.17, 15) is 4.79 Å². The van der Waals surface area contributed by atoms with Gasteiger partial charge in [-0.3, -0.25) is 10.1 Å². The molecule has 0 aliphatic rings. The van der Waals surface area contributed by atoms with Gasteiger partial charge in [-0.15, -0.1) is 5.10 Å². The maximum atomic E-state index is 12.2. The number of nitrogens with zero attached hydrogens (tertiary/aromatic N) is 3. The van der Waals surface area contributed by atoms with Crippen molar-refractivity contribution >= 4 is 23.5 Å². The first kappa shape index (κ1) is 19.9. The molecular formula is C21H23ClN4O2. The fraction of sp³-hybridized carbons (Fsp3) is 0.286. The van der Waals surface area contributed by atoms with Crippen LogP contribution < -0.4 is 10.1 Å². The molecule has 3 rings (SSSR count). The molecule has 0 saturated heterocycles. The van der Waals surface area contributed by atoms with Crippen LogP contribution in [-0.2, 0) is 11.3 Å². The molecular weight excluding hydrogens is 376 g/mol. The van der Waals surface area contributed by atoms with E-state index >= 15 is 0 Å². The zero-order valence-corrected chi connectivity index (χ0v) is 16.9. The third-order valence-corrected chi connectivity index (χ3v) is 4.65. The van der Waals surface area contributed by atoms with E-state index in [2.05, 4.69) is 29.2 Å². The van der Waals surface area contributed by atoms with E-state index in [0.717, 1.165) is 16.7 Å². The summed E-state index contributed by atoms with van der Waals surface area (Å²) in [4.78, 5) is 16.4. The monoisotopic (exact) mass is 398 g/mol. The molecule has 1 N–H and O–H groups in total. The molecule has 1 heterocycles. The first-order valence-electron chi connectivity index (χ1n) is 9.08. The summed E-state index contributed by atoms with van der Waals surface area (Å²) in [6, 6.07) is 13.7. The van der Waals surface area contributed by atoms with E-state index in [4.69, 9.17) is 16.3 Å². The molecule has 0 aliphatic heterocycles. The number of anilines is 1. The fourth-order valence-corrected chi connectivity index (χ4v) is 2.92. The van der Waals surface area contributed by atoms with Crippen LogP contribution in [0.25, 0.3) is 0 Å². The molecule has 0 radical (unpaired) electrons. The van der Waals surface area contributed by atoms with Gasteiger partial charge in [-0.05, 0) is 41.7 Å². The maximum absolute atomic E-state index is 12.2. The number of carbonyl (C=O) groups excluding carboxylic acids is 1. The summed E-state index contributed by atoms with van der Waals surface area (Å²) in [6.45, 7) is 6.47. The summed E-state index contributed by atoms with van der Waals surface area (Å²) < 4.78 is 7.41. The molecule has 7 heteroatoms. The number of aromatic nitrogens is 3. The van der Waals surface area contributed by atoms with Gasteiger partial charge in [0.1, 0.15) is 12.1 Å². The van der Waals surface area contributed by atoms with E-state index in [1.165, 1.54) is 0 Å². The molecule has 0 atom stereocenters. The largest absolute Gasteiger partial charge is 0.483 e. The number of hydrogen-bond donors (Lipinski definition) is 1. The molecule has 0 aliphatic carbocycles. The second kappa shape index (κ2) is 8.89. The molecule has 28 heavy (non-hydrogen) atoms. The Hall–Kier alpha value is -2.86. The van der Waals surface area contributed by atoms with Crippen molar-refractivity contribution in [1.82, 2.24) is 14.8 Å². The average Bonchev–Trinajstić information content (AvgIpc) is 3.09. The van der Waals surface area contributed by atoms with Gasteiger partial charge in [0.05, 0.1) is 6.54 Å². The van der Waals surface area contributed by atoms with Gasteiger partial charge in [-0.2, -0.15) is 0 Å². The van der Waals surface area contributed by atoms with Crippen molar-refractivity contribution in [3.63, 3.8) is 0 Å². The second-order valence-corrected chi connectivity index (χ2v) is 7.29. The van der Waals surface area contributed by atoms with Crippen LogP contribution in [0.3, 0.4) is 0 Å². The Morgan fingerprint density at radius 1 is 1.25 bits per heavy atom. The standard InChI is InChI=1S/C21H23ClN4O2/c1-14(2)17-10-18(22)15(3)9-19(17)28-12-20(27)24-21-23-13-26(25-21)11-16-7-5-4-6-8-16/h4-10,13-14H,11-12H2,1-3H3,(H,24,25,27). The maximum Gasteiger partial charge on any atom is 0.264 e. The molecule has 3 aromatic rings. The normalized spacial score (nSPS) is 10.9. The van der Waals surface area contributed by atoms with Crippen molar-refractivity contribution in [3.8, 4) is 5.75 Å². The van der Waals surface area contributed by atoms with E-state index in [1.807, 2.05) is 49.4 Å². The zero-order chi connectivity index (χ0) is 20.1. The Bertz CT molecular complexity index is 954. The highest BCUT2D eigenvalue weighted by molar-refractivity contribution is 6.31. The third kappa shape index (κ3) is 5.10. The number of halogens is 1. The lowest BCUT2D eigenvalue weighted by Crippen LogP contribution is -2.21. The Morgan fingerprint density at radius 3 is 2.71 bits per heavy atom. The van der Waals surface area contributed by atoms with Crippen LogP contribution >= 0.6 is 11.6 Å². The summed E-state index contributed by atoms with van der Waals surface area (Å²) in [6.07, 6.45) is 1.59. The number of benzene rings is 2. The number of nitrogens with one attached hydrogen (secondary N) is 1. The van der Waals surface area contributed by atoms with Crippen LogP contribution in [-0.4, -0.2) is 27.3 Å². The Labute approximate surface area is 169 Å². The Balaban J connectivity index is 1.59. The van der Waals surface area contributed by atoms with Crippen LogP contribution in [0.15, 0.2) is 48.8 Å². The van der Waals surface area contributed by atoms with Gasteiger partial charge in [0.15, 0.2) is 6.61 Å². The minimum Gasteiger partial charge on any atom is -0.483 e. The minimum absolute atomic E-state index is 0.131. The van der Waals surface area contributed by atoms with Crippen molar-refractivity contribution in [3.05, 3.63) is 70.5 Å². The summed E-state index contributed by atoms with van der Waals surface area (Å²) in [5, 5.41) is 7.62. The van der Waals surface area contributed by atoms with Crippen molar-refractivity contribution < 1.29 is 9.53 Å². The summed E-state index contributed by atoms with van der Waals surface area (Å²) in [7, 11) is 0. The molecule has 0 unspecified atom stereocenters. The second-order valence-electron chi connectivity index (χ2n) is 6.88. The quantitative estimate of drug-likeness (QED) is 0.639. The van der Waals surface area contributed by atoms with Crippen LogP contribution in [0, 0.1) is 6.92 Å². The SMILES string of the molecule is Cc1cc(OCC(=O)Nc2ncn(Cc3ccccc3)n2)c(C(C)C)cc1Cl. The van der Waals surface area contributed by atoms with E-state index in [1.54, 1.807) is 11.0 Å². The van der Waals surface area contributed by atoms with Crippen LogP contribution in [0.2, 0.25) is 5.02 Å². The van der Waals surface area contributed by atoms with Crippen molar-refractivity contribution in [2.45, 2.75) is 33.2 Å². The van der Waals surface area contributed by atoms with Crippen molar-refractivity contribution in [1.29, 1.82) is 0 Å². The molecule has 2 aromatic carbocycles. The zero-order valence-electron chi connectivity index (χ0n) is 16.1. The molecule has 146 valence electrons. The number of ether oxygens (including phenoxy) is 1. The Morgan fingerprint density at radius 2 is 2.00 bits per heavy atom. The lowest BCUT2D eigenvalue weighted by Gasteiger charge is -2.15. The van der Waals surface area contributed by atoms with Gasteiger partial charge in [-0.1, -0.05) is 55.8 Å². The molecule has 0 saturated carbocycles. The fourth-order valence-electron chi connectivity index (χ4n) is 2.75. The number of amides is 1. The van der Waals surface area contributed by atoms with Gasteiger partial charge >= 0.3 is 0 Å². The minimum atomic E-state index is -0.320. The highest BCUT2D eigenvalue weighted by Crippen LogP contribution is 2.31. The number of rotatable bonds is 7. The van der Waals surface area contributed by atoms with E-state index < -0.39 is 0 Å². The molecule has 0 bridgehead atoms. The van der Waals surface area contributed by atoms with E-state index in [0.29, 0.717) is 17.3 Å². The molecule has 0 spiro atoms. The number of aryl methyl sites for hydroxylation is 1. The van der Waals surface area contributed by atoms with Gasteiger partial charge < -0.3 is 4.74 Å². The molecule has 0 fully saturated rings. The molecule has 1 amide bonds. The van der Waals surface area contributed by atoms with Crippen LogP contribution in [0.1, 0.15) is 36.5 Å². The summed E-state index contributed by atoms with van der Waals surface area (Å²) in [5.41, 5.74) is 2.98. The highest BCUT2D eigenvalue weighted by atomic mass is 35.5. The van der Waals surface area contributed by atoms with Crippen molar-refractivity contribution in [2.75, 3.05) is 11.9 Å². The Kier molecular flexibility index (Phi) is 6.31. The van der Waals surface area contributed by atoms with Gasteiger partial charge in [0.2, 0.25) is 5.95 Å². The lowest BCUT2D eigenvalue weighted by atomic mass is 10.0.